The average molecular weight is 543 g/mol. The van der Waals surface area contributed by atoms with Crippen molar-refractivity contribution in [2.45, 2.75) is 17.7 Å². The Balaban J connectivity index is 1.47. The summed E-state index contributed by atoms with van der Waals surface area (Å²) in [5.41, 5.74) is 1.13. The van der Waals surface area contributed by atoms with Crippen molar-refractivity contribution in [2.75, 3.05) is 32.6 Å². The van der Waals surface area contributed by atoms with Gasteiger partial charge in [-0.05, 0) is 43.2 Å². The Labute approximate surface area is 221 Å². The van der Waals surface area contributed by atoms with Gasteiger partial charge in [0.15, 0.2) is 5.78 Å². The van der Waals surface area contributed by atoms with E-state index in [4.69, 9.17) is 21.1 Å². The molecule has 0 bridgehead atoms. The molecule has 0 atom stereocenters. The molecular weight excluding hydrogens is 516 g/mol. The second-order valence-corrected chi connectivity index (χ2v) is 10.9. The van der Waals surface area contributed by atoms with Crippen LogP contribution < -0.4 is 14.8 Å². The normalized spacial score (nSPS) is 14.7. The third-order valence-electron chi connectivity index (χ3n) is 6.33. The van der Waals surface area contributed by atoms with Gasteiger partial charge in [-0.15, -0.1) is 0 Å². The fourth-order valence-electron chi connectivity index (χ4n) is 4.28. The molecule has 1 heterocycles. The first-order chi connectivity index (χ1) is 17.7. The molecule has 3 aromatic carbocycles. The van der Waals surface area contributed by atoms with Crippen LogP contribution in [0.5, 0.6) is 11.5 Å². The van der Waals surface area contributed by atoms with E-state index in [-0.39, 0.29) is 41.0 Å². The Morgan fingerprint density at radius 2 is 1.65 bits per heavy atom. The predicted molar refractivity (Wildman–Crippen MR) is 141 cm³/mol. The quantitative estimate of drug-likeness (QED) is 0.416. The maximum atomic E-state index is 13.3. The monoisotopic (exact) mass is 542 g/mol. The molecular formula is C27H27ClN2O6S. The minimum absolute atomic E-state index is 0.0162. The van der Waals surface area contributed by atoms with Gasteiger partial charge in [0, 0.05) is 41.2 Å². The van der Waals surface area contributed by atoms with Crippen molar-refractivity contribution in [3.63, 3.8) is 0 Å². The molecule has 0 spiro atoms. The number of hydrogen-bond acceptors (Lipinski definition) is 6. The van der Waals surface area contributed by atoms with Crippen LogP contribution >= 0.6 is 11.6 Å². The molecule has 0 aliphatic carbocycles. The molecule has 194 valence electrons. The Morgan fingerprint density at radius 3 is 2.30 bits per heavy atom. The third kappa shape index (κ3) is 5.79. The number of halogens is 1. The van der Waals surface area contributed by atoms with Gasteiger partial charge in [-0.25, -0.2) is 8.42 Å². The van der Waals surface area contributed by atoms with Gasteiger partial charge in [-0.3, -0.25) is 9.59 Å². The fraction of sp³-hybridized carbons (Fsp3) is 0.259. The van der Waals surface area contributed by atoms with Crippen molar-refractivity contribution < 1.29 is 27.5 Å². The summed E-state index contributed by atoms with van der Waals surface area (Å²) >= 11 is 6.14. The van der Waals surface area contributed by atoms with Gasteiger partial charge in [0.2, 0.25) is 15.9 Å². The SMILES string of the molecule is COc1ccc(OC)c(S(=O)(=O)N2CCC(C(=O)Nc3ccc(Cl)cc3C(=O)c3ccccc3)CC2)c1. The summed E-state index contributed by atoms with van der Waals surface area (Å²) in [6, 6.07) is 18.1. The second-order valence-electron chi connectivity index (χ2n) is 8.57. The number of benzene rings is 3. The number of carbonyl (C=O) groups excluding carboxylic acids is 2. The first-order valence-corrected chi connectivity index (χ1v) is 13.5. The predicted octanol–water partition coefficient (Wildman–Crippen LogP) is 4.63. The number of nitrogens with zero attached hydrogens (tertiary/aromatic N) is 1. The second kappa shape index (κ2) is 11.3. The lowest BCUT2D eigenvalue weighted by molar-refractivity contribution is -0.120. The van der Waals surface area contributed by atoms with Gasteiger partial charge in [0.1, 0.15) is 16.4 Å². The lowest BCUT2D eigenvalue weighted by Gasteiger charge is -2.31. The Kier molecular flexibility index (Phi) is 8.16. The van der Waals surface area contributed by atoms with E-state index in [0.717, 1.165) is 0 Å². The van der Waals surface area contributed by atoms with E-state index in [1.54, 1.807) is 48.5 Å². The molecule has 4 rings (SSSR count). The molecule has 37 heavy (non-hydrogen) atoms. The smallest absolute Gasteiger partial charge is 0.246 e. The summed E-state index contributed by atoms with van der Waals surface area (Å²) in [5, 5.41) is 3.23. The van der Waals surface area contributed by atoms with Crippen LogP contribution in [0.25, 0.3) is 0 Å². The van der Waals surface area contributed by atoms with Crippen LogP contribution in [0.4, 0.5) is 5.69 Å². The average Bonchev–Trinajstić information content (AvgIpc) is 2.93. The number of piperidine rings is 1. The first kappa shape index (κ1) is 26.7. The van der Waals surface area contributed by atoms with Crippen LogP contribution in [0.15, 0.2) is 71.6 Å². The highest BCUT2D eigenvalue weighted by Gasteiger charge is 2.34. The molecule has 0 unspecified atom stereocenters. The van der Waals surface area contributed by atoms with Gasteiger partial charge in [-0.2, -0.15) is 4.31 Å². The number of ether oxygens (including phenoxy) is 2. The largest absolute Gasteiger partial charge is 0.497 e. The van der Waals surface area contributed by atoms with E-state index in [1.165, 1.54) is 30.7 Å². The van der Waals surface area contributed by atoms with Crippen LogP contribution in [0, 0.1) is 5.92 Å². The minimum atomic E-state index is -3.86. The molecule has 1 aliphatic heterocycles. The summed E-state index contributed by atoms with van der Waals surface area (Å²) in [4.78, 5) is 26.2. The number of sulfonamides is 1. The number of nitrogens with one attached hydrogen (secondary N) is 1. The number of hydrogen-bond donors (Lipinski definition) is 1. The van der Waals surface area contributed by atoms with Crippen molar-refractivity contribution in [1.82, 2.24) is 4.31 Å². The summed E-state index contributed by atoms with van der Waals surface area (Å²) in [5.74, 6) is -0.336. The molecule has 1 aliphatic rings. The Morgan fingerprint density at radius 1 is 0.946 bits per heavy atom. The molecule has 1 saturated heterocycles. The summed E-state index contributed by atoms with van der Waals surface area (Å²) in [7, 11) is -0.994. The highest BCUT2D eigenvalue weighted by molar-refractivity contribution is 7.89. The van der Waals surface area contributed by atoms with Gasteiger partial charge in [-0.1, -0.05) is 41.9 Å². The lowest BCUT2D eigenvalue weighted by Crippen LogP contribution is -2.41. The van der Waals surface area contributed by atoms with E-state index in [0.29, 0.717) is 34.9 Å². The molecule has 10 heteroatoms. The number of ketones is 1. The van der Waals surface area contributed by atoms with Crippen LogP contribution in [0.1, 0.15) is 28.8 Å². The zero-order valence-electron chi connectivity index (χ0n) is 20.4. The molecule has 1 N–H and O–H groups in total. The number of amides is 1. The van der Waals surface area contributed by atoms with Gasteiger partial charge >= 0.3 is 0 Å². The van der Waals surface area contributed by atoms with E-state index < -0.39 is 15.9 Å². The van der Waals surface area contributed by atoms with Crippen molar-refractivity contribution in [3.05, 3.63) is 82.9 Å². The number of anilines is 1. The van der Waals surface area contributed by atoms with Crippen molar-refractivity contribution in [3.8, 4) is 11.5 Å². The summed E-state index contributed by atoms with van der Waals surface area (Å²) in [6.07, 6.45) is 0.653. The number of carbonyl (C=O) groups is 2. The van der Waals surface area contributed by atoms with E-state index in [2.05, 4.69) is 5.32 Å². The van der Waals surface area contributed by atoms with Crippen molar-refractivity contribution in [2.24, 2.45) is 5.92 Å². The summed E-state index contributed by atoms with van der Waals surface area (Å²) < 4.78 is 38.4. The standard InChI is InChI=1S/C27H27ClN2O6S/c1-35-21-9-11-24(36-2)25(17-21)37(33,34)30-14-12-19(13-15-30)27(32)29-23-10-8-20(28)16-22(23)26(31)18-6-4-3-5-7-18/h3-11,16-17,19H,12-15H2,1-2H3,(H,29,32). The van der Waals surface area contributed by atoms with Crippen LogP contribution in [-0.4, -0.2) is 51.7 Å². The highest BCUT2D eigenvalue weighted by atomic mass is 35.5. The van der Waals surface area contributed by atoms with E-state index in [9.17, 15) is 18.0 Å². The Bertz CT molecular complexity index is 1400. The van der Waals surface area contributed by atoms with E-state index >= 15 is 0 Å². The zero-order chi connectivity index (χ0) is 26.6. The molecule has 1 fully saturated rings. The maximum absolute atomic E-state index is 13.3. The van der Waals surface area contributed by atoms with Gasteiger partial charge in [0.05, 0.1) is 19.9 Å². The van der Waals surface area contributed by atoms with Gasteiger partial charge < -0.3 is 14.8 Å². The number of rotatable bonds is 8. The zero-order valence-corrected chi connectivity index (χ0v) is 22.0. The van der Waals surface area contributed by atoms with Crippen molar-refractivity contribution in [1.29, 1.82) is 0 Å². The summed E-state index contributed by atoms with van der Waals surface area (Å²) in [6.45, 7) is 0.328. The molecule has 8 nitrogen and oxygen atoms in total. The highest BCUT2D eigenvalue weighted by Crippen LogP contribution is 2.33. The van der Waals surface area contributed by atoms with Crippen LogP contribution in [0.2, 0.25) is 5.02 Å². The molecule has 0 radical (unpaired) electrons. The van der Waals surface area contributed by atoms with Crippen LogP contribution in [-0.2, 0) is 14.8 Å². The Hall–Kier alpha value is -3.40. The molecule has 0 aromatic heterocycles. The molecule has 0 saturated carbocycles. The van der Waals surface area contributed by atoms with E-state index in [1.807, 2.05) is 6.07 Å². The third-order valence-corrected chi connectivity index (χ3v) is 8.49. The lowest BCUT2D eigenvalue weighted by atomic mass is 9.96. The minimum Gasteiger partial charge on any atom is -0.497 e. The topological polar surface area (TPSA) is 102 Å². The van der Waals surface area contributed by atoms with Crippen LogP contribution in [0.3, 0.4) is 0 Å². The molecule has 1 amide bonds. The first-order valence-electron chi connectivity index (χ1n) is 11.7. The fourth-order valence-corrected chi connectivity index (χ4v) is 6.09. The van der Waals surface area contributed by atoms with Crippen molar-refractivity contribution >= 4 is 39.0 Å². The molecule has 3 aromatic rings. The number of methoxy groups -OCH3 is 2. The maximum Gasteiger partial charge on any atom is 0.246 e. The van der Waals surface area contributed by atoms with Gasteiger partial charge in [0.25, 0.3) is 0 Å².